The number of nitrogens with zero attached hydrogens (tertiary/aromatic N) is 4. The van der Waals surface area contributed by atoms with Gasteiger partial charge in [-0.2, -0.15) is 5.10 Å². The lowest BCUT2D eigenvalue weighted by Gasteiger charge is -2.42. The van der Waals surface area contributed by atoms with E-state index in [0.29, 0.717) is 29.3 Å². The molecule has 0 bridgehead atoms. The Labute approximate surface area is 220 Å². The Balaban J connectivity index is 1.35. The maximum Gasteiger partial charge on any atom is 0.270 e. The number of piperidine rings is 1. The molecule has 3 aliphatic rings. The molecule has 5 rings (SSSR count). The third kappa shape index (κ3) is 5.39. The summed E-state index contributed by atoms with van der Waals surface area (Å²) in [6, 6.07) is 5.55. The van der Waals surface area contributed by atoms with Crippen LogP contribution in [0.2, 0.25) is 0 Å². The van der Waals surface area contributed by atoms with E-state index in [1.165, 1.54) is 25.7 Å². The van der Waals surface area contributed by atoms with Gasteiger partial charge in [0.15, 0.2) is 0 Å². The van der Waals surface area contributed by atoms with Gasteiger partial charge >= 0.3 is 0 Å². The van der Waals surface area contributed by atoms with Crippen molar-refractivity contribution in [2.75, 3.05) is 16.8 Å². The Kier molecular flexibility index (Phi) is 7.28. The normalized spacial score (nSPS) is 22.7. The lowest BCUT2D eigenvalue weighted by atomic mass is 9.66. The quantitative estimate of drug-likeness (QED) is 0.511. The summed E-state index contributed by atoms with van der Waals surface area (Å²) in [5, 5.41) is 10.3. The maximum atomic E-state index is 13.8. The first-order chi connectivity index (χ1) is 17.8. The molecule has 37 heavy (non-hydrogen) atoms. The lowest BCUT2D eigenvalue weighted by molar-refractivity contribution is -0.121. The predicted octanol–water partition coefficient (Wildman–Crippen LogP) is 4.78. The fourth-order valence-corrected chi connectivity index (χ4v) is 6.49. The minimum Gasteiger partial charge on any atom is -0.353 e. The second kappa shape index (κ2) is 10.5. The molecule has 200 valence electrons. The third-order valence-electron chi connectivity index (χ3n) is 9.11. The maximum absolute atomic E-state index is 13.8. The van der Waals surface area contributed by atoms with Crippen LogP contribution in [0.3, 0.4) is 0 Å². The van der Waals surface area contributed by atoms with Gasteiger partial charge in [0.1, 0.15) is 17.6 Å². The highest BCUT2D eigenvalue weighted by Crippen LogP contribution is 2.58. The number of pyridine rings is 1. The van der Waals surface area contributed by atoms with Gasteiger partial charge in [0.25, 0.3) is 5.91 Å². The molecule has 2 aromatic heterocycles. The van der Waals surface area contributed by atoms with Crippen molar-refractivity contribution in [3.05, 3.63) is 36.3 Å². The van der Waals surface area contributed by atoms with Crippen molar-refractivity contribution < 1.29 is 9.59 Å². The van der Waals surface area contributed by atoms with Crippen LogP contribution in [0.1, 0.15) is 82.6 Å². The topological polar surface area (TPSA) is 92.2 Å². The van der Waals surface area contributed by atoms with E-state index in [0.717, 1.165) is 38.0 Å². The highest BCUT2D eigenvalue weighted by molar-refractivity contribution is 6.00. The number of amides is 2. The molecule has 2 amide bonds. The molecule has 3 heterocycles. The smallest absolute Gasteiger partial charge is 0.270 e. The molecule has 2 aliphatic carbocycles. The average Bonchev–Trinajstić information content (AvgIpc) is 3.45. The molecule has 1 saturated heterocycles. The van der Waals surface area contributed by atoms with E-state index in [9.17, 15) is 9.59 Å². The summed E-state index contributed by atoms with van der Waals surface area (Å²) in [5.74, 6) is 1.70. The summed E-state index contributed by atoms with van der Waals surface area (Å²) in [4.78, 5) is 34.2. The van der Waals surface area contributed by atoms with Gasteiger partial charge in [-0.15, -0.1) is 0 Å². The van der Waals surface area contributed by atoms with Crippen LogP contribution in [0.5, 0.6) is 0 Å². The van der Waals surface area contributed by atoms with Gasteiger partial charge in [-0.25, -0.2) is 4.98 Å². The third-order valence-corrected chi connectivity index (χ3v) is 9.11. The Morgan fingerprint density at radius 3 is 2.43 bits per heavy atom. The van der Waals surface area contributed by atoms with E-state index >= 15 is 0 Å². The van der Waals surface area contributed by atoms with Crippen LogP contribution in [0.4, 0.5) is 11.5 Å². The number of carbonyl (C=O) groups excluding carboxylic acids is 2. The molecule has 8 nitrogen and oxygen atoms in total. The standard InChI is InChI=1S/C29H42N6O2/c1-19(2)22-10-5-6-17-35(22)24-12-11-21(18-30-24)32-28(37)26(33-27(36)23-13-16-31-34(23)4)25(20-8-7-9-20)29(3)14-15-29/h11-13,16,18-20,22,25-26H,5-10,14-15,17H2,1-4H3,(H,32,37)(H,33,36)/t22-,25?,26-/m0/s1. The number of carbonyl (C=O) groups is 2. The molecule has 0 radical (unpaired) electrons. The second-order valence-corrected chi connectivity index (χ2v) is 12.1. The molecule has 2 N–H and O–H groups in total. The first kappa shape index (κ1) is 25.7. The number of hydrogen-bond acceptors (Lipinski definition) is 5. The molecule has 1 aliphatic heterocycles. The Morgan fingerprint density at radius 1 is 1.08 bits per heavy atom. The highest BCUT2D eigenvalue weighted by atomic mass is 16.2. The van der Waals surface area contributed by atoms with Crippen LogP contribution >= 0.6 is 0 Å². The van der Waals surface area contributed by atoms with Gasteiger partial charge in [-0.3, -0.25) is 14.3 Å². The molecule has 0 aromatic carbocycles. The molecular weight excluding hydrogens is 464 g/mol. The van der Waals surface area contributed by atoms with Gasteiger partial charge in [-0.1, -0.05) is 40.0 Å². The number of rotatable bonds is 9. The van der Waals surface area contributed by atoms with E-state index in [4.69, 9.17) is 4.98 Å². The van der Waals surface area contributed by atoms with E-state index in [1.807, 2.05) is 12.1 Å². The highest BCUT2D eigenvalue weighted by Gasteiger charge is 2.54. The fourth-order valence-electron chi connectivity index (χ4n) is 6.49. The molecule has 2 saturated carbocycles. The predicted molar refractivity (Wildman–Crippen MR) is 145 cm³/mol. The van der Waals surface area contributed by atoms with Crippen LogP contribution in [0, 0.1) is 23.2 Å². The lowest BCUT2D eigenvalue weighted by Crippen LogP contribution is -2.54. The van der Waals surface area contributed by atoms with Crippen LogP contribution in [0.15, 0.2) is 30.6 Å². The Hall–Kier alpha value is -2.90. The van der Waals surface area contributed by atoms with E-state index in [1.54, 1.807) is 30.2 Å². The summed E-state index contributed by atoms with van der Waals surface area (Å²) in [7, 11) is 1.75. The monoisotopic (exact) mass is 506 g/mol. The van der Waals surface area contributed by atoms with Gasteiger partial charge in [0.05, 0.1) is 11.9 Å². The molecule has 8 heteroatoms. The van der Waals surface area contributed by atoms with Gasteiger partial charge in [0, 0.05) is 25.8 Å². The van der Waals surface area contributed by atoms with E-state index < -0.39 is 6.04 Å². The summed E-state index contributed by atoms with van der Waals surface area (Å²) < 4.78 is 1.55. The molecule has 2 aromatic rings. The van der Waals surface area contributed by atoms with Crippen molar-refractivity contribution in [3.8, 4) is 0 Å². The van der Waals surface area contributed by atoms with Crippen molar-refractivity contribution in [1.29, 1.82) is 0 Å². The van der Waals surface area contributed by atoms with Crippen molar-refractivity contribution >= 4 is 23.3 Å². The number of anilines is 2. The minimum absolute atomic E-state index is 0.0923. The Morgan fingerprint density at radius 2 is 1.86 bits per heavy atom. The summed E-state index contributed by atoms with van der Waals surface area (Å²) in [5.41, 5.74) is 1.22. The Bertz CT molecular complexity index is 1100. The van der Waals surface area contributed by atoms with E-state index in [-0.39, 0.29) is 23.1 Å². The van der Waals surface area contributed by atoms with Gasteiger partial charge in [0.2, 0.25) is 5.91 Å². The van der Waals surface area contributed by atoms with Gasteiger partial charge < -0.3 is 15.5 Å². The summed E-state index contributed by atoms with van der Waals surface area (Å²) in [6.45, 7) is 7.84. The first-order valence-corrected chi connectivity index (χ1v) is 14.1. The zero-order chi connectivity index (χ0) is 26.2. The summed E-state index contributed by atoms with van der Waals surface area (Å²) >= 11 is 0. The summed E-state index contributed by atoms with van der Waals surface area (Å²) in [6.07, 6.45) is 12.6. The van der Waals surface area contributed by atoms with Crippen molar-refractivity contribution in [3.63, 3.8) is 0 Å². The van der Waals surface area contributed by atoms with Crippen molar-refractivity contribution in [2.24, 2.45) is 30.2 Å². The van der Waals surface area contributed by atoms with Crippen molar-refractivity contribution in [2.45, 2.75) is 84.2 Å². The van der Waals surface area contributed by atoms with Crippen LogP contribution in [-0.2, 0) is 11.8 Å². The van der Waals surface area contributed by atoms with Crippen LogP contribution < -0.4 is 15.5 Å². The molecule has 1 unspecified atom stereocenters. The number of aromatic nitrogens is 3. The molecule has 3 atom stereocenters. The average molecular weight is 507 g/mol. The number of aryl methyl sites for hydroxylation is 1. The SMILES string of the molecule is CC(C)[C@@H]1CCCCN1c1ccc(NC(=O)[C@@H](NC(=O)c2ccnn2C)C(C2CCC2)C2(C)CC2)cn1. The molecule has 3 fully saturated rings. The van der Waals surface area contributed by atoms with Crippen LogP contribution in [-0.4, -0.2) is 45.2 Å². The molecular formula is C29H42N6O2. The fraction of sp³-hybridized carbons (Fsp3) is 0.655. The van der Waals surface area contributed by atoms with Crippen LogP contribution in [0.25, 0.3) is 0 Å². The first-order valence-electron chi connectivity index (χ1n) is 14.1. The largest absolute Gasteiger partial charge is 0.353 e. The molecule has 0 spiro atoms. The zero-order valence-electron chi connectivity index (χ0n) is 22.7. The zero-order valence-corrected chi connectivity index (χ0v) is 22.7. The van der Waals surface area contributed by atoms with Crippen molar-refractivity contribution in [1.82, 2.24) is 20.1 Å². The minimum atomic E-state index is -0.604. The van der Waals surface area contributed by atoms with Gasteiger partial charge in [-0.05, 0) is 73.5 Å². The second-order valence-electron chi connectivity index (χ2n) is 12.1. The van der Waals surface area contributed by atoms with E-state index in [2.05, 4.69) is 41.4 Å². The number of hydrogen-bond donors (Lipinski definition) is 2. The number of nitrogens with one attached hydrogen (secondary N) is 2.